The number of amides is 1. The van der Waals surface area contributed by atoms with Gasteiger partial charge in [0.1, 0.15) is 5.75 Å². The average molecular weight is 335 g/mol. The number of carbonyl (C=O) groups excluding carboxylic acids is 1. The Kier molecular flexibility index (Phi) is 8.16. The molecule has 2 aromatic carbocycles. The van der Waals surface area contributed by atoms with Gasteiger partial charge in [-0.15, -0.1) is 12.4 Å². The van der Waals surface area contributed by atoms with Gasteiger partial charge in [-0.1, -0.05) is 24.3 Å². The van der Waals surface area contributed by atoms with E-state index >= 15 is 0 Å². The third-order valence-electron chi connectivity index (χ3n) is 3.39. The monoisotopic (exact) mass is 334 g/mol. The molecule has 0 heterocycles. The summed E-state index contributed by atoms with van der Waals surface area (Å²) in [5.41, 5.74) is 3.11. The highest BCUT2D eigenvalue weighted by atomic mass is 35.5. The predicted molar refractivity (Wildman–Crippen MR) is 96.4 cm³/mol. The number of nitrogens with one attached hydrogen (secondary N) is 2. The van der Waals surface area contributed by atoms with Crippen molar-refractivity contribution in [3.05, 3.63) is 59.7 Å². The molecule has 0 saturated heterocycles. The van der Waals surface area contributed by atoms with E-state index in [9.17, 15) is 4.79 Å². The topological polar surface area (TPSA) is 50.4 Å². The number of hydrogen-bond donors (Lipinski definition) is 2. The maximum Gasteiger partial charge on any atom is 0.224 e. The van der Waals surface area contributed by atoms with E-state index in [1.54, 1.807) is 7.11 Å². The molecule has 0 bridgehead atoms. The summed E-state index contributed by atoms with van der Waals surface area (Å²) in [6.45, 7) is 0.787. The second kappa shape index (κ2) is 9.87. The van der Waals surface area contributed by atoms with Crippen LogP contribution in [-0.2, 0) is 17.8 Å². The molecule has 0 aliphatic heterocycles. The first kappa shape index (κ1) is 19.0. The summed E-state index contributed by atoms with van der Waals surface area (Å²) in [5.74, 6) is 0.854. The van der Waals surface area contributed by atoms with Gasteiger partial charge < -0.3 is 15.4 Å². The van der Waals surface area contributed by atoms with Gasteiger partial charge in [0.2, 0.25) is 5.91 Å². The predicted octanol–water partition coefficient (Wildman–Crippen LogP) is 3.41. The smallest absolute Gasteiger partial charge is 0.224 e. The van der Waals surface area contributed by atoms with Crippen LogP contribution in [0.3, 0.4) is 0 Å². The second-order valence-corrected chi connectivity index (χ2v) is 5.13. The van der Waals surface area contributed by atoms with Crippen molar-refractivity contribution in [2.45, 2.75) is 19.4 Å². The van der Waals surface area contributed by atoms with Crippen molar-refractivity contribution in [2.75, 3.05) is 19.5 Å². The SMILES string of the molecule is CNCc1cccc(NC(=O)CCc2ccc(OC)cc2)c1.Cl. The molecule has 2 rings (SSSR count). The van der Waals surface area contributed by atoms with E-state index < -0.39 is 0 Å². The van der Waals surface area contributed by atoms with Crippen LogP contribution in [0.1, 0.15) is 17.5 Å². The molecule has 2 aromatic rings. The molecule has 0 saturated carbocycles. The highest BCUT2D eigenvalue weighted by Gasteiger charge is 2.04. The van der Waals surface area contributed by atoms with Gasteiger partial charge in [-0.05, 0) is 48.9 Å². The van der Waals surface area contributed by atoms with Crippen LogP contribution in [-0.4, -0.2) is 20.1 Å². The van der Waals surface area contributed by atoms with Crippen LogP contribution >= 0.6 is 12.4 Å². The number of rotatable bonds is 7. The number of benzene rings is 2. The maximum absolute atomic E-state index is 12.0. The minimum atomic E-state index is 0. The first-order chi connectivity index (χ1) is 10.7. The Bertz CT molecular complexity index is 615. The fraction of sp³-hybridized carbons (Fsp3) is 0.278. The lowest BCUT2D eigenvalue weighted by Gasteiger charge is -2.08. The summed E-state index contributed by atoms with van der Waals surface area (Å²) in [6, 6.07) is 15.7. The second-order valence-electron chi connectivity index (χ2n) is 5.13. The molecule has 23 heavy (non-hydrogen) atoms. The van der Waals surface area contributed by atoms with Gasteiger partial charge in [0, 0.05) is 18.7 Å². The van der Waals surface area contributed by atoms with Crippen LogP contribution in [0.5, 0.6) is 5.75 Å². The summed E-state index contributed by atoms with van der Waals surface area (Å²) in [7, 11) is 3.55. The first-order valence-electron chi connectivity index (χ1n) is 7.37. The quantitative estimate of drug-likeness (QED) is 0.816. The van der Waals surface area contributed by atoms with Gasteiger partial charge in [-0.3, -0.25) is 4.79 Å². The van der Waals surface area contributed by atoms with Crippen LogP contribution in [0.4, 0.5) is 5.69 Å². The van der Waals surface area contributed by atoms with E-state index in [1.165, 1.54) is 0 Å². The van der Waals surface area contributed by atoms with E-state index in [0.717, 1.165) is 29.1 Å². The standard InChI is InChI=1S/C18H22N2O2.ClH/c1-19-13-15-4-3-5-16(12-15)20-18(21)11-8-14-6-9-17(22-2)10-7-14;/h3-7,9-10,12,19H,8,11,13H2,1-2H3,(H,20,21);1H. The fourth-order valence-electron chi connectivity index (χ4n) is 2.24. The van der Waals surface area contributed by atoms with Crippen LogP contribution in [0, 0.1) is 0 Å². The molecule has 0 fully saturated rings. The number of aryl methyl sites for hydroxylation is 1. The van der Waals surface area contributed by atoms with Crippen LogP contribution in [0.25, 0.3) is 0 Å². The lowest BCUT2D eigenvalue weighted by atomic mass is 10.1. The zero-order valence-electron chi connectivity index (χ0n) is 13.5. The number of hydrogen-bond acceptors (Lipinski definition) is 3. The summed E-state index contributed by atoms with van der Waals surface area (Å²) in [6.07, 6.45) is 1.18. The summed E-state index contributed by atoms with van der Waals surface area (Å²) in [5, 5.41) is 6.04. The van der Waals surface area contributed by atoms with E-state index in [1.807, 2.05) is 55.6 Å². The Morgan fingerprint density at radius 2 is 1.83 bits per heavy atom. The van der Waals surface area contributed by atoms with Crippen molar-refractivity contribution in [1.82, 2.24) is 5.32 Å². The van der Waals surface area contributed by atoms with Crippen LogP contribution in [0.2, 0.25) is 0 Å². The van der Waals surface area contributed by atoms with E-state index in [-0.39, 0.29) is 18.3 Å². The van der Waals surface area contributed by atoms with Gasteiger partial charge >= 0.3 is 0 Å². The molecule has 0 aliphatic carbocycles. The van der Waals surface area contributed by atoms with Crippen molar-refractivity contribution in [2.24, 2.45) is 0 Å². The van der Waals surface area contributed by atoms with Crippen molar-refractivity contribution in [3.8, 4) is 5.75 Å². The molecule has 0 unspecified atom stereocenters. The number of halogens is 1. The van der Waals surface area contributed by atoms with Crippen LogP contribution in [0.15, 0.2) is 48.5 Å². The summed E-state index contributed by atoms with van der Waals surface area (Å²) < 4.78 is 5.12. The Morgan fingerprint density at radius 3 is 2.48 bits per heavy atom. The van der Waals surface area contributed by atoms with Crippen molar-refractivity contribution in [1.29, 1.82) is 0 Å². The van der Waals surface area contributed by atoms with E-state index in [0.29, 0.717) is 12.8 Å². The van der Waals surface area contributed by atoms with Gasteiger partial charge in [-0.2, -0.15) is 0 Å². The number of ether oxygens (including phenoxy) is 1. The molecule has 124 valence electrons. The van der Waals surface area contributed by atoms with E-state index in [2.05, 4.69) is 10.6 Å². The van der Waals surface area contributed by atoms with Gasteiger partial charge in [0.15, 0.2) is 0 Å². The maximum atomic E-state index is 12.0. The summed E-state index contributed by atoms with van der Waals surface area (Å²) >= 11 is 0. The molecule has 5 heteroatoms. The first-order valence-corrected chi connectivity index (χ1v) is 7.37. The normalized spacial score (nSPS) is 9.83. The Balaban J connectivity index is 0.00000264. The molecule has 0 spiro atoms. The molecule has 0 radical (unpaired) electrons. The minimum absolute atomic E-state index is 0. The molecule has 0 atom stereocenters. The van der Waals surface area contributed by atoms with Gasteiger partial charge in [0.25, 0.3) is 0 Å². The molecule has 1 amide bonds. The van der Waals surface area contributed by atoms with Gasteiger partial charge in [0.05, 0.1) is 7.11 Å². The van der Waals surface area contributed by atoms with Crippen molar-refractivity contribution in [3.63, 3.8) is 0 Å². The minimum Gasteiger partial charge on any atom is -0.497 e. The molecule has 4 nitrogen and oxygen atoms in total. The van der Waals surface area contributed by atoms with Gasteiger partial charge in [-0.25, -0.2) is 0 Å². The Labute approximate surface area is 143 Å². The number of anilines is 1. The number of carbonyl (C=O) groups is 1. The molecule has 0 aliphatic rings. The third-order valence-corrected chi connectivity index (χ3v) is 3.39. The molecule has 2 N–H and O–H groups in total. The largest absolute Gasteiger partial charge is 0.497 e. The zero-order chi connectivity index (χ0) is 15.8. The Hall–Kier alpha value is -2.04. The lowest BCUT2D eigenvalue weighted by molar-refractivity contribution is -0.116. The third kappa shape index (κ3) is 6.30. The highest BCUT2D eigenvalue weighted by Crippen LogP contribution is 2.14. The summed E-state index contributed by atoms with van der Waals surface area (Å²) in [4.78, 5) is 12.0. The fourth-order valence-corrected chi connectivity index (χ4v) is 2.24. The van der Waals surface area contributed by atoms with E-state index in [4.69, 9.17) is 4.74 Å². The zero-order valence-corrected chi connectivity index (χ0v) is 14.3. The average Bonchev–Trinajstić information content (AvgIpc) is 2.54. The molecular weight excluding hydrogens is 312 g/mol. The lowest BCUT2D eigenvalue weighted by Crippen LogP contribution is -2.13. The number of methoxy groups -OCH3 is 1. The Morgan fingerprint density at radius 1 is 1.09 bits per heavy atom. The van der Waals surface area contributed by atoms with Crippen molar-refractivity contribution < 1.29 is 9.53 Å². The molecular formula is C18H23ClN2O2. The highest BCUT2D eigenvalue weighted by molar-refractivity contribution is 5.90. The van der Waals surface area contributed by atoms with Crippen LogP contribution < -0.4 is 15.4 Å². The van der Waals surface area contributed by atoms with Crippen molar-refractivity contribution >= 4 is 24.0 Å². The molecule has 0 aromatic heterocycles.